The Hall–Kier alpha value is -1.74. The molecule has 0 aliphatic carbocycles. The molecule has 0 saturated heterocycles. The van der Waals surface area contributed by atoms with E-state index in [0.29, 0.717) is 11.6 Å². The highest BCUT2D eigenvalue weighted by Gasteiger charge is 2.11. The summed E-state index contributed by atoms with van der Waals surface area (Å²) in [5.41, 5.74) is 9.80. The summed E-state index contributed by atoms with van der Waals surface area (Å²) < 4.78 is 5.31. The summed E-state index contributed by atoms with van der Waals surface area (Å²) in [6.07, 6.45) is 3.45. The second-order valence-electron chi connectivity index (χ2n) is 2.80. The number of hydrogen-bond donors (Lipinski definition) is 0. The van der Waals surface area contributed by atoms with Gasteiger partial charge < -0.3 is 4.74 Å². The van der Waals surface area contributed by atoms with Gasteiger partial charge in [0.1, 0.15) is 0 Å². The summed E-state index contributed by atoms with van der Waals surface area (Å²) in [5, 5.41) is 3.48. The van der Waals surface area contributed by atoms with E-state index in [4.69, 9.17) is 10.3 Å². The van der Waals surface area contributed by atoms with E-state index >= 15 is 0 Å². The number of hydrogen-bond acceptors (Lipinski definition) is 3. The molecule has 13 heavy (non-hydrogen) atoms. The second-order valence-corrected chi connectivity index (χ2v) is 2.80. The number of azide groups is 1. The molecule has 0 atom stereocenters. The summed E-state index contributed by atoms with van der Waals surface area (Å²) in [6.45, 7) is 0.723. The number of fused-ring (bicyclic) bond motifs is 1. The first kappa shape index (κ1) is 7.89. The number of nitrogens with zero attached hydrogens (tertiary/aromatic N) is 4. The van der Waals surface area contributed by atoms with Gasteiger partial charge in [-0.25, -0.2) is 4.98 Å². The molecule has 0 unspecified atom stereocenters. The number of aryl methyl sites for hydroxylation is 1. The first-order chi connectivity index (χ1) is 6.40. The van der Waals surface area contributed by atoms with E-state index < -0.39 is 0 Å². The van der Waals surface area contributed by atoms with Crippen LogP contribution in [0.4, 0.5) is 5.69 Å². The Morgan fingerprint density at radius 1 is 1.62 bits per heavy atom. The van der Waals surface area contributed by atoms with Crippen LogP contribution in [0.15, 0.2) is 17.4 Å². The zero-order valence-electron chi connectivity index (χ0n) is 6.97. The van der Waals surface area contributed by atoms with Crippen LogP contribution in [0.2, 0.25) is 0 Å². The van der Waals surface area contributed by atoms with Crippen molar-refractivity contribution in [3.05, 3.63) is 28.3 Å². The Labute approximate surface area is 75.0 Å². The molecule has 0 N–H and O–H groups in total. The molecule has 0 saturated carbocycles. The molecule has 66 valence electrons. The van der Waals surface area contributed by atoms with E-state index in [1.807, 2.05) is 6.07 Å². The van der Waals surface area contributed by atoms with E-state index in [0.717, 1.165) is 25.0 Å². The van der Waals surface area contributed by atoms with Crippen molar-refractivity contribution >= 4 is 5.69 Å². The van der Waals surface area contributed by atoms with Gasteiger partial charge in [0, 0.05) is 16.7 Å². The summed E-state index contributed by atoms with van der Waals surface area (Å²) in [7, 11) is 0. The maximum Gasteiger partial charge on any atom is 0.216 e. The number of ether oxygens (including phenoxy) is 1. The van der Waals surface area contributed by atoms with Gasteiger partial charge in [-0.15, -0.1) is 0 Å². The molecule has 2 rings (SSSR count). The quantitative estimate of drug-likeness (QED) is 0.374. The van der Waals surface area contributed by atoms with Gasteiger partial charge in [0.05, 0.1) is 12.3 Å². The first-order valence-electron chi connectivity index (χ1n) is 4.07. The van der Waals surface area contributed by atoms with Crippen LogP contribution >= 0.6 is 0 Å². The monoisotopic (exact) mass is 176 g/mol. The zero-order valence-corrected chi connectivity index (χ0v) is 6.97. The molecule has 0 amide bonds. The summed E-state index contributed by atoms with van der Waals surface area (Å²) in [5.74, 6) is 0.670. The Balaban J connectivity index is 2.40. The normalized spacial score (nSPS) is 13.8. The minimum absolute atomic E-state index is 0.548. The fourth-order valence-corrected chi connectivity index (χ4v) is 1.33. The first-order valence-corrected chi connectivity index (χ1v) is 4.07. The molecule has 0 radical (unpaired) electrons. The van der Waals surface area contributed by atoms with Crippen LogP contribution in [0.25, 0.3) is 10.4 Å². The van der Waals surface area contributed by atoms with Crippen molar-refractivity contribution in [2.24, 2.45) is 5.11 Å². The van der Waals surface area contributed by atoms with E-state index in [1.165, 1.54) is 6.20 Å². The highest BCUT2D eigenvalue weighted by molar-refractivity contribution is 5.42. The standard InChI is InChI=1S/C8H8N4O/c9-12-11-7-4-6-2-1-3-13-8(6)10-5-7/h4-5H,1-3H2. The van der Waals surface area contributed by atoms with E-state index in [9.17, 15) is 0 Å². The van der Waals surface area contributed by atoms with Gasteiger partial charge in [-0.2, -0.15) is 0 Å². The molecule has 2 heterocycles. The lowest BCUT2D eigenvalue weighted by molar-refractivity contribution is 0.276. The molecule has 0 spiro atoms. The van der Waals surface area contributed by atoms with Crippen molar-refractivity contribution < 1.29 is 4.74 Å². The van der Waals surface area contributed by atoms with Gasteiger partial charge in [-0.3, -0.25) is 0 Å². The fraction of sp³-hybridized carbons (Fsp3) is 0.375. The zero-order chi connectivity index (χ0) is 9.10. The number of rotatable bonds is 1. The number of aromatic nitrogens is 1. The highest BCUT2D eigenvalue weighted by Crippen LogP contribution is 2.25. The maximum atomic E-state index is 8.22. The van der Waals surface area contributed by atoms with Crippen molar-refractivity contribution in [3.8, 4) is 5.88 Å². The molecule has 0 aromatic carbocycles. The molecular formula is C8H8N4O. The predicted molar refractivity (Wildman–Crippen MR) is 46.9 cm³/mol. The molecule has 1 aromatic heterocycles. The second kappa shape index (κ2) is 3.33. The van der Waals surface area contributed by atoms with Crippen molar-refractivity contribution in [2.75, 3.05) is 6.61 Å². The van der Waals surface area contributed by atoms with Crippen molar-refractivity contribution in [1.29, 1.82) is 0 Å². The van der Waals surface area contributed by atoms with Gasteiger partial charge in [0.2, 0.25) is 5.88 Å². The minimum atomic E-state index is 0.548. The molecule has 5 heteroatoms. The van der Waals surface area contributed by atoms with Crippen LogP contribution in [-0.4, -0.2) is 11.6 Å². The Bertz CT molecular complexity index is 370. The largest absolute Gasteiger partial charge is 0.477 e. The molecule has 1 aliphatic heterocycles. The molecule has 5 nitrogen and oxygen atoms in total. The fourth-order valence-electron chi connectivity index (χ4n) is 1.33. The third-order valence-electron chi connectivity index (χ3n) is 1.90. The lowest BCUT2D eigenvalue weighted by Crippen LogP contribution is -2.09. The minimum Gasteiger partial charge on any atom is -0.477 e. The van der Waals surface area contributed by atoms with Crippen molar-refractivity contribution in [3.63, 3.8) is 0 Å². The lowest BCUT2D eigenvalue weighted by Gasteiger charge is -2.15. The predicted octanol–water partition coefficient (Wildman–Crippen LogP) is 2.35. The van der Waals surface area contributed by atoms with Gasteiger partial charge >= 0.3 is 0 Å². The van der Waals surface area contributed by atoms with E-state index in [-0.39, 0.29) is 0 Å². The van der Waals surface area contributed by atoms with Gasteiger partial charge in [-0.1, -0.05) is 5.11 Å². The van der Waals surface area contributed by atoms with Crippen LogP contribution < -0.4 is 4.74 Å². The Kier molecular flexibility index (Phi) is 2.02. The third kappa shape index (κ3) is 1.55. The summed E-state index contributed by atoms with van der Waals surface area (Å²) in [6, 6.07) is 1.82. The van der Waals surface area contributed by atoms with Crippen LogP contribution in [0.5, 0.6) is 5.88 Å². The van der Waals surface area contributed by atoms with E-state index in [2.05, 4.69) is 15.0 Å². The SMILES string of the molecule is [N-]=[N+]=Nc1cnc2c(c1)CCCO2. The molecule has 1 aliphatic rings. The topological polar surface area (TPSA) is 70.9 Å². The van der Waals surface area contributed by atoms with Crippen LogP contribution in [0.3, 0.4) is 0 Å². The van der Waals surface area contributed by atoms with Crippen molar-refractivity contribution in [2.45, 2.75) is 12.8 Å². The van der Waals surface area contributed by atoms with E-state index in [1.54, 1.807) is 0 Å². The molecule has 1 aromatic rings. The summed E-state index contributed by atoms with van der Waals surface area (Å²) >= 11 is 0. The van der Waals surface area contributed by atoms with Crippen LogP contribution in [0, 0.1) is 0 Å². The van der Waals surface area contributed by atoms with Crippen LogP contribution in [0.1, 0.15) is 12.0 Å². The molecule has 0 bridgehead atoms. The van der Waals surface area contributed by atoms with Gasteiger partial charge in [-0.05, 0) is 24.4 Å². The Morgan fingerprint density at radius 3 is 3.38 bits per heavy atom. The van der Waals surface area contributed by atoms with Gasteiger partial charge in [0.25, 0.3) is 0 Å². The van der Waals surface area contributed by atoms with Crippen LogP contribution in [-0.2, 0) is 6.42 Å². The maximum absolute atomic E-state index is 8.22. The average Bonchev–Trinajstić information content (AvgIpc) is 2.18. The lowest BCUT2D eigenvalue weighted by atomic mass is 10.1. The van der Waals surface area contributed by atoms with Gasteiger partial charge in [0.15, 0.2) is 0 Å². The Morgan fingerprint density at radius 2 is 2.54 bits per heavy atom. The average molecular weight is 176 g/mol. The number of pyridine rings is 1. The smallest absolute Gasteiger partial charge is 0.216 e. The molecule has 0 fully saturated rings. The third-order valence-corrected chi connectivity index (χ3v) is 1.90. The molecular weight excluding hydrogens is 168 g/mol. The van der Waals surface area contributed by atoms with Crippen molar-refractivity contribution in [1.82, 2.24) is 4.98 Å². The summed E-state index contributed by atoms with van der Waals surface area (Å²) in [4.78, 5) is 6.75. The highest BCUT2D eigenvalue weighted by atomic mass is 16.5.